The summed E-state index contributed by atoms with van der Waals surface area (Å²) in [4.78, 5) is 10.2. The van der Waals surface area contributed by atoms with Gasteiger partial charge >= 0.3 is 75.5 Å². The minimum absolute atomic E-state index is 0.182. The van der Waals surface area contributed by atoms with E-state index in [0.29, 0.717) is 13.3 Å². The molecule has 2 radical (unpaired) electrons. The second kappa shape index (κ2) is 14.6. The molecule has 0 amide bonds. The van der Waals surface area contributed by atoms with Crippen molar-refractivity contribution in [2.75, 3.05) is 0 Å². The third-order valence-electron chi connectivity index (χ3n) is 3.24. The van der Waals surface area contributed by atoms with Crippen molar-refractivity contribution in [3.63, 3.8) is 0 Å². The summed E-state index contributed by atoms with van der Waals surface area (Å²) in [5.41, 5.74) is 0. The van der Waals surface area contributed by atoms with Crippen molar-refractivity contribution in [3.8, 4) is 0 Å². The molecule has 0 fully saturated rings. The molecule has 2 nitrogen and oxygen atoms in total. The topological polar surface area (TPSA) is 37.3 Å². The summed E-state index contributed by atoms with van der Waals surface area (Å²) >= 11 is -0.182. The summed E-state index contributed by atoms with van der Waals surface area (Å²) in [7, 11) is 0. The third-order valence-corrected chi connectivity index (χ3v) is 7.53. The molecule has 0 aromatic rings. The van der Waals surface area contributed by atoms with E-state index < -0.39 is 5.97 Å². The molecule has 0 spiro atoms. The molecule has 0 aliphatic carbocycles. The molecule has 0 saturated heterocycles. The Kier molecular flexibility index (Phi) is 16.2. The Morgan fingerprint density at radius 2 is 1.09 bits per heavy atom. The van der Waals surface area contributed by atoms with Crippen molar-refractivity contribution in [3.05, 3.63) is 0 Å². The fraction of sp³-hybridized carbons (Fsp3) is 0.950. The van der Waals surface area contributed by atoms with Crippen LogP contribution in [0.3, 0.4) is 0 Å². The van der Waals surface area contributed by atoms with Gasteiger partial charge in [-0.3, -0.25) is 4.79 Å². The molecular formula is C20H42O2Sn. The quantitative estimate of drug-likeness (QED) is 0.294. The first-order chi connectivity index (χ1) is 10.5. The molecular weight excluding hydrogens is 391 g/mol. The van der Waals surface area contributed by atoms with E-state index in [1.807, 2.05) is 0 Å². The number of aliphatic carboxylic acids is 1. The van der Waals surface area contributed by atoms with E-state index >= 15 is 0 Å². The SMILES string of the molecule is CCCCCCCCCCCC(=O)O.C[C](C)(C)[Sn][C](C)(C)C. The van der Waals surface area contributed by atoms with Crippen LogP contribution in [0.15, 0.2) is 0 Å². The standard InChI is InChI=1S/C12H24O2.2C4H9.Sn/c1-2-3-4-5-6-7-8-9-10-11-12(13)14;2*1-4(2)3;/h2-11H2,1H3,(H,13,14);2*1-3H3;. The van der Waals surface area contributed by atoms with Gasteiger partial charge in [0, 0.05) is 6.42 Å². The van der Waals surface area contributed by atoms with Crippen LogP contribution in [0.4, 0.5) is 0 Å². The summed E-state index contributed by atoms with van der Waals surface area (Å²) in [5.74, 6) is -0.659. The Labute approximate surface area is 156 Å². The van der Waals surface area contributed by atoms with Gasteiger partial charge in [0.2, 0.25) is 0 Å². The Morgan fingerprint density at radius 1 is 0.739 bits per heavy atom. The van der Waals surface area contributed by atoms with Crippen LogP contribution in [-0.4, -0.2) is 32.2 Å². The summed E-state index contributed by atoms with van der Waals surface area (Å²) < 4.78 is 1.31. The predicted molar refractivity (Wildman–Crippen MR) is 105 cm³/mol. The first-order valence-electron chi connectivity index (χ1n) is 9.49. The first-order valence-corrected chi connectivity index (χ1v) is 12.3. The Morgan fingerprint density at radius 3 is 1.35 bits per heavy atom. The van der Waals surface area contributed by atoms with E-state index in [2.05, 4.69) is 48.5 Å². The number of hydrogen-bond acceptors (Lipinski definition) is 1. The molecule has 3 heteroatoms. The number of hydrogen-bond donors (Lipinski definition) is 1. The van der Waals surface area contributed by atoms with Gasteiger partial charge in [0.15, 0.2) is 0 Å². The van der Waals surface area contributed by atoms with Crippen LogP contribution in [0.2, 0.25) is 6.86 Å². The van der Waals surface area contributed by atoms with E-state index in [4.69, 9.17) is 5.11 Å². The van der Waals surface area contributed by atoms with Gasteiger partial charge in [-0.05, 0) is 6.42 Å². The van der Waals surface area contributed by atoms with E-state index in [0.717, 1.165) is 12.8 Å². The number of carboxylic acid groups (broad SMARTS) is 1. The zero-order valence-corrected chi connectivity index (χ0v) is 19.8. The van der Waals surface area contributed by atoms with E-state index in [1.54, 1.807) is 0 Å². The minimum atomic E-state index is -0.659. The average Bonchev–Trinajstić information content (AvgIpc) is 2.33. The van der Waals surface area contributed by atoms with Crippen molar-refractivity contribution in [1.29, 1.82) is 0 Å². The van der Waals surface area contributed by atoms with Crippen molar-refractivity contribution >= 4 is 27.1 Å². The Bertz CT molecular complexity index is 262. The van der Waals surface area contributed by atoms with Crippen molar-refractivity contribution in [2.24, 2.45) is 0 Å². The van der Waals surface area contributed by atoms with Crippen molar-refractivity contribution < 1.29 is 9.90 Å². The van der Waals surface area contributed by atoms with Crippen molar-refractivity contribution in [2.45, 2.75) is 120 Å². The van der Waals surface area contributed by atoms with Crippen LogP contribution in [-0.2, 0) is 4.79 Å². The molecule has 0 rings (SSSR count). The van der Waals surface area contributed by atoms with Gasteiger partial charge in [-0.1, -0.05) is 58.3 Å². The van der Waals surface area contributed by atoms with Crippen LogP contribution < -0.4 is 0 Å². The molecule has 23 heavy (non-hydrogen) atoms. The van der Waals surface area contributed by atoms with E-state index in [9.17, 15) is 4.79 Å². The molecule has 0 bridgehead atoms. The molecule has 0 aromatic heterocycles. The van der Waals surface area contributed by atoms with Gasteiger partial charge in [-0.25, -0.2) is 0 Å². The van der Waals surface area contributed by atoms with Gasteiger partial charge in [0.25, 0.3) is 0 Å². The number of carboxylic acids is 1. The summed E-state index contributed by atoms with van der Waals surface area (Å²) in [6.45, 7) is 16.4. The fourth-order valence-electron chi connectivity index (χ4n) is 2.71. The molecule has 138 valence electrons. The summed E-state index contributed by atoms with van der Waals surface area (Å²) in [6, 6.07) is 0. The Hall–Kier alpha value is 0.269. The maximum atomic E-state index is 10.2. The molecule has 0 unspecified atom stereocenters. The monoisotopic (exact) mass is 434 g/mol. The molecule has 0 heterocycles. The normalized spacial score (nSPS) is 11.8. The maximum absolute atomic E-state index is 10.2. The molecule has 0 aromatic carbocycles. The zero-order valence-electron chi connectivity index (χ0n) is 16.9. The van der Waals surface area contributed by atoms with Crippen LogP contribution in [0, 0.1) is 0 Å². The van der Waals surface area contributed by atoms with E-state index in [1.165, 1.54) is 44.9 Å². The van der Waals surface area contributed by atoms with Crippen LogP contribution in [0.1, 0.15) is 113 Å². The molecule has 0 aliphatic heterocycles. The van der Waals surface area contributed by atoms with Gasteiger partial charge in [-0.15, -0.1) is 0 Å². The predicted octanol–water partition coefficient (Wildman–Crippen LogP) is 7.12. The molecule has 1 N–H and O–H groups in total. The third kappa shape index (κ3) is 30.7. The zero-order chi connectivity index (χ0) is 18.4. The van der Waals surface area contributed by atoms with Crippen LogP contribution >= 0.6 is 0 Å². The molecule has 0 aliphatic rings. The fourth-order valence-corrected chi connectivity index (χ4v) is 9.13. The second-order valence-electron chi connectivity index (χ2n) is 8.60. The summed E-state index contributed by atoms with van der Waals surface area (Å²) in [6.07, 6.45) is 11.5. The van der Waals surface area contributed by atoms with Gasteiger partial charge in [-0.2, -0.15) is 0 Å². The van der Waals surface area contributed by atoms with Crippen LogP contribution in [0.5, 0.6) is 0 Å². The van der Waals surface area contributed by atoms with Gasteiger partial charge in [0.1, 0.15) is 0 Å². The van der Waals surface area contributed by atoms with E-state index in [-0.39, 0.29) is 21.1 Å². The number of carbonyl (C=O) groups is 1. The van der Waals surface area contributed by atoms with Gasteiger partial charge in [0.05, 0.1) is 0 Å². The molecule has 0 atom stereocenters. The summed E-state index contributed by atoms with van der Waals surface area (Å²) in [5, 5.41) is 8.41. The number of rotatable bonds is 10. The Balaban J connectivity index is 0. The first kappa shape index (κ1) is 25.5. The second-order valence-corrected chi connectivity index (χ2v) is 17.9. The average molecular weight is 433 g/mol. The van der Waals surface area contributed by atoms with Crippen LogP contribution in [0.25, 0.3) is 0 Å². The van der Waals surface area contributed by atoms with Crippen molar-refractivity contribution in [1.82, 2.24) is 0 Å². The van der Waals surface area contributed by atoms with Gasteiger partial charge < -0.3 is 5.11 Å². The molecule has 0 saturated carbocycles. The number of unbranched alkanes of at least 4 members (excludes halogenated alkanes) is 8.